The van der Waals surface area contributed by atoms with E-state index in [1.165, 1.54) is 0 Å². The summed E-state index contributed by atoms with van der Waals surface area (Å²) in [5.41, 5.74) is 3.59. The zero-order valence-electron chi connectivity index (χ0n) is 12.8. The van der Waals surface area contributed by atoms with Crippen molar-refractivity contribution in [3.63, 3.8) is 0 Å². The molecule has 0 heterocycles. The first kappa shape index (κ1) is 15.8. The molecule has 2 aromatic carbocycles. The van der Waals surface area contributed by atoms with E-state index in [9.17, 15) is 9.59 Å². The molecule has 0 radical (unpaired) electrons. The van der Waals surface area contributed by atoms with E-state index >= 15 is 0 Å². The van der Waals surface area contributed by atoms with E-state index in [-0.39, 0.29) is 18.2 Å². The van der Waals surface area contributed by atoms with Crippen LogP contribution in [0.3, 0.4) is 0 Å². The number of carbonyl (C=O) groups is 2. The van der Waals surface area contributed by atoms with Crippen molar-refractivity contribution in [3.05, 3.63) is 65.2 Å². The van der Waals surface area contributed by atoms with Crippen LogP contribution in [0.4, 0.5) is 5.69 Å². The van der Waals surface area contributed by atoms with Gasteiger partial charge < -0.3 is 10.6 Å². The second-order valence-electron chi connectivity index (χ2n) is 5.16. The summed E-state index contributed by atoms with van der Waals surface area (Å²) in [5, 5.41) is 5.49. The molecule has 2 amide bonds. The minimum Gasteiger partial charge on any atom is -0.359 e. The van der Waals surface area contributed by atoms with Gasteiger partial charge in [0.15, 0.2) is 0 Å². The number of carbonyl (C=O) groups excluding carboxylic acids is 2. The van der Waals surface area contributed by atoms with E-state index in [1.807, 2.05) is 55.5 Å². The molecule has 0 saturated heterocycles. The van der Waals surface area contributed by atoms with Crippen molar-refractivity contribution in [2.24, 2.45) is 0 Å². The number of hydrogen-bond acceptors (Lipinski definition) is 2. The van der Waals surface area contributed by atoms with Crippen LogP contribution in [0.25, 0.3) is 0 Å². The van der Waals surface area contributed by atoms with E-state index < -0.39 is 0 Å². The molecule has 2 rings (SSSR count). The molecule has 0 aliphatic rings. The average Bonchev–Trinajstić information content (AvgIpc) is 2.51. The van der Waals surface area contributed by atoms with Gasteiger partial charge in [-0.1, -0.05) is 42.5 Å². The fraction of sp³-hybridized carbons (Fsp3) is 0.222. The van der Waals surface area contributed by atoms with Gasteiger partial charge in [0.05, 0.1) is 12.8 Å². The van der Waals surface area contributed by atoms with E-state index in [4.69, 9.17) is 0 Å². The summed E-state index contributed by atoms with van der Waals surface area (Å²) in [6.07, 6.45) is 0.568. The first-order chi connectivity index (χ1) is 10.6. The van der Waals surface area contributed by atoms with Gasteiger partial charge in [-0.3, -0.25) is 9.59 Å². The lowest BCUT2D eigenvalue weighted by molar-refractivity contribution is -0.120. The molecule has 0 aromatic heterocycles. The Bertz CT molecular complexity index is 680. The largest absolute Gasteiger partial charge is 0.359 e. The van der Waals surface area contributed by atoms with Crippen LogP contribution in [-0.2, 0) is 22.4 Å². The fourth-order valence-electron chi connectivity index (χ4n) is 2.23. The van der Waals surface area contributed by atoms with Crippen LogP contribution >= 0.6 is 0 Å². The standard InChI is InChI=1S/C18H20N2O2/c1-13-7-3-4-8-14(13)11-18(22)20-16-10-6-5-9-15(16)12-17(21)19-2/h3-10H,11-12H2,1-2H3,(H,19,21)(H,20,22). The molecule has 4 heteroatoms. The topological polar surface area (TPSA) is 58.2 Å². The van der Waals surface area contributed by atoms with E-state index in [2.05, 4.69) is 10.6 Å². The maximum atomic E-state index is 12.2. The quantitative estimate of drug-likeness (QED) is 0.890. The first-order valence-electron chi connectivity index (χ1n) is 7.23. The van der Waals surface area contributed by atoms with Gasteiger partial charge in [0.2, 0.25) is 11.8 Å². The highest BCUT2D eigenvalue weighted by molar-refractivity contribution is 5.94. The maximum absolute atomic E-state index is 12.2. The van der Waals surface area contributed by atoms with Crippen molar-refractivity contribution in [1.29, 1.82) is 0 Å². The number of aryl methyl sites for hydroxylation is 1. The molecule has 0 unspecified atom stereocenters. The summed E-state index contributed by atoms with van der Waals surface area (Å²) in [6.45, 7) is 1.99. The van der Waals surface area contributed by atoms with Gasteiger partial charge in [-0.25, -0.2) is 0 Å². The second-order valence-corrected chi connectivity index (χ2v) is 5.16. The minimum absolute atomic E-state index is 0.0828. The van der Waals surface area contributed by atoms with Crippen LogP contribution in [0.1, 0.15) is 16.7 Å². The zero-order valence-corrected chi connectivity index (χ0v) is 12.8. The molecular weight excluding hydrogens is 276 g/mol. The fourth-order valence-corrected chi connectivity index (χ4v) is 2.23. The van der Waals surface area contributed by atoms with Gasteiger partial charge in [-0.15, -0.1) is 0 Å². The van der Waals surface area contributed by atoms with Gasteiger partial charge in [0.25, 0.3) is 0 Å². The number of rotatable bonds is 5. The Morgan fingerprint density at radius 3 is 2.14 bits per heavy atom. The van der Waals surface area contributed by atoms with E-state index in [0.717, 1.165) is 16.7 Å². The molecule has 4 nitrogen and oxygen atoms in total. The number of likely N-dealkylation sites (N-methyl/N-ethyl adjacent to an activating group) is 1. The number of para-hydroxylation sites is 1. The van der Waals surface area contributed by atoms with E-state index in [0.29, 0.717) is 12.1 Å². The van der Waals surface area contributed by atoms with Crippen LogP contribution in [0.15, 0.2) is 48.5 Å². The van der Waals surface area contributed by atoms with Gasteiger partial charge in [-0.2, -0.15) is 0 Å². The van der Waals surface area contributed by atoms with Crippen molar-refractivity contribution < 1.29 is 9.59 Å². The van der Waals surface area contributed by atoms with E-state index in [1.54, 1.807) is 7.05 Å². The molecule has 0 aliphatic carbocycles. The molecule has 0 bridgehead atoms. The number of nitrogens with one attached hydrogen (secondary N) is 2. The lowest BCUT2D eigenvalue weighted by atomic mass is 10.0. The second kappa shape index (κ2) is 7.41. The third kappa shape index (κ3) is 4.19. The molecule has 2 aromatic rings. The van der Waals surface area contributed by atoms with Crippen molar-refractivity contribution in [3.8, 4) is 0 Å². The van der Waals surface area contributed by atoms with Crippen LogP contribution in [0.2, 0.25) is 0 Å². The van der Waals surface area contributed by atoms with Gasteiger partial charge in [-0.05, 0) is 29.7 Å². The Balaban J connectivity index is 2.09. The predicted molar refractivity (Wildman–Crippen MR) is 87.7 cm³/mol. The SMILES string of the molecule is CNC(=O)Cc1ccccc1NC(=O)Cc1ccccc1C. The molecule has 22 heavy (non-hydrogen) atoms. The molecule has 0 spiro atoms. The zero-order chi connectivity index (χ0) is 15.9. The summed E-state index contributed by atoms with van der Waals surface area (Å²) in [5.74, 6) is -0.167. The smallest absolute Gasteiger partial charge is 0.228 e. The Labute approximate surface area is 130 Å². The summed E-state index contributed by atoms with van der Waals surface area (Å²) < 4.78 is 0. The minimum atomic E-state index is -0.0846. The number of amides is 2. The predicted octanol–water partition coefficient (Wildman–Crippen LogP) is 2.46. The van der Waals surface area contributed by atoms with Gasteiger partial charge in [0, 0.05) is 12.7 Å². The van der Waals surface area contributed by atoms with Crippen molar-refractivity contribution in [2.75, 3.05) is 12.4 Å². The third-order valence-corrected chi connectivity index (χ3v) is 3.53. The Morgan fingerprint density at radius 2 is 1.45 bits per heavy atom. The lowest BCUT2D eigenvalue weighted by Crippen LogP contribution is -2.22. The molecule has 0 atom stereocenters. The number of benzene rings is 2. The lowest BCUT2D eigenvalue weighted by Gasteiger charge is -2.11. The summed E-state index contributed by atoms with van der Waals surface area (Å²) in [6, 6.07) is 15.2. The maximum Gasteiger partial charge on any atom is 0.228 e. The Kier molecular flexibility index (Phi) is 5.31. The first-order valence-corrected chi connectivity index (χ1v) is 7.23. The molecule has 0 fully saturated rings. The average molecular weight is 296 g/mol. The highest BCUT2D eigenvalue weighted by Crippen LogP contribution is 2.17. The highest BCUT2D eigenvalue weighted by Gasteiger charge is 2.10. The number of anilines is 1. The van der Waals surface area contributed by atoms with Crippen molar-refractivity contribution in [2.45, 2.75) is 19.8 Å². The molecular formula is C18H20N2O2. The molecule has 2 N–H and O–H groups in total. The van der Waals surface area contributed by atoms with Gasteiger partial charge >= 0.3 is 0 Å². The van der Waals surface area contributed by atoms with Gasteiger partial charge in [0.1, 0.15) is 0 Å². The Hall–Kier alpha value is -2.62. The monoisotopic (exact) mass is 296 g/mol. The van der Waals surface area contributed by atoms with Crippen LogP contribution < -0.4 is 10.6 Å². The Morgan fingerprint density at radius 1 is 0.864 bits per heavy atom. The van der Waals surface area contributed by atoms with Crippen molar-refractivity contribution in [1.82, 2.24) is 5.32 Å². The summed E-state index contributed by atoms with van der Waals surface area (Å²) in [7, 11) is 1.60. The number of hydrogen-bond donors (Lipinski definition) is 2. The van der Waals surface area contributed by atoms with Crippen molar-refractivity contribution >= 4 is 17.5 Å². The normalized spacial score (nSPS) is 10.1. The van der Waals surface area contributed by atoms with Crippen LogP contribution in [0.5, 0.6) is 0 Å². The highest BCUT2D eigenvalue weighted by atomic mass is 16.2. The summed E-state index contributed by atoms with van der Waals surface area (Å²) >= 11 is 0. The van der Waals surface area contributed by atoms with Crippen LogP contribution in [0, 0.1) is 6.92 Å². The molecule has 114 valence electrons. The molecule has 0 saturated carbocycles. The third-order valence-electron chi connectivity index (χ3n) is 3.53. The van der Waals surface area contributed by atoms with Crippen LogP contribution in [-0.4, -0.2) is 18.9 Å². The summed E-state index contributed by atoms with van der Waals surface area (Å²) in [4.78, 5) is 23.8. The molecule has 0 aliphatic heterocycles.